The van der Waals surface area contributed by atoms with Gasteiger partial charge in [0.05, 0.1) is 30.0 Å². The van der Waals surface area contributed by atoms with E-state index in [0.717, 1.165) is 17.0 Å². The summed E-state index contributed by atoms with van der Waals surface area (Å²) < 4.78 is 28.8. The molecule has 1 aromatic carbocycles. The third-order valence-corrected chi connectivity index (χ3v) is 6.15. The van der Waals surface area contributed by atoms with Crippen LogP contribution in [0.3, 0.4) is 0 Å². The zero-order chi connectivity index (χ0) is 18.7. The summed E-state index contributed by atoms with van der Waals surface area (Å²) in [5, 5.41) is 6.41. The summed E-state index contributed by atoms with van der Waals surface area (Å²) in [6.07, 6.45) is 2.19. The van der Waals surface area contributed by atoms with Gasteiger partial charge in [-0.2, -0.15) is 4.98 Å². The molecular formula is C19H20N4O3S. The molecule has 2 N–H and O–H groups in total. The molecule has 1 atom stereocenters. The molecule has 0 saturated carbocycles. The third kappa shape index (κ3) is 4.46. The summed E-state index contributed by atoms with van der Waals surface area (Å²) in [5.41, 5.74) is 1.72. The van der Waals surface area contributed by atoms with Crippen LogP contribution in [-0.4, -0.2) is 35.9 Å². The fourth-order valence-corrected chi connectivity index (χ4v) is 4.71. The van der Waals surface area contributed by atoms with Gasteiger partial charge in [-0.3, -0.25) is 0 Å². The molecule has 0 amide bonds. The van der Waals surface area contributed by atoms with Crippen molar-refractivity contribution in [2.24, 2.45) is 0 Å². The SMILES string of the molecule is O=S1(=O)CCC(Nc2nc(NCc3ccco3)cc(-c3ccccc3)n2)C1. The molecule has 3 aromatic rings. The van der Waals surface area contributed by atoms with Gasteiger partial charge in [0, 0.05) is 17.7 Å². The van der Waals surface area contributed by atoms with Gasteiger partial charge in [-0.1, -0.05) is 30.3 Å². The number of benzene rings is 1. The number of anilines is 2. The minimum Gasteiger partial charge on any atom is -0.467 e. The molecular weight excluding hydrogens is 364 g/mol. The normalized spacial score (nSPS) is 18.3. The van der Waals surface area contributed by atoms with Crippen molar-refractivity contribution < 1.29 is 12.8 Å². The number of nitrogens with one attached hydrogen (secondary N) is 2. The Morgan fingerprint density at radius 3 is 2.67 bits per heavy atom. The molecule has 27 heavy (non-hydrogen) atoms. The number of hydrogen-bond acceptors (Lipinski definition) is 7. The molecule has 1 aliphatic heterocycles. The molecule has 0 bridgehead atoms. The Kier molecular flexibility index (Phi) is 4.81. The standard InChI is InChI=1S/C19H20N4O3S/c24-27(25)10-8-15(13-27)21-19-22-17(14-5-2-1-3-6-14)11-18(23-19)20-12-16-7-4-9-26-16/h1-7,9,11,15H,8,10,12-13H2,(H2,20,21,22,23). The second kappa shape index (κ2) is 7.40. The summed E-state index contributed by atoms with van der Waals surface area (Å²) in [4.78, 5) is 9.08. The summed E-state index contributed by atoms with van der Waals surface area (Å²) in [5.74, 6) is 2.17. The molecule has 7 nitrogen and oxygen atoms in total. The van der Waals surface area contributed by atoms with Crippen LogP contribution < -0.4 is 10.6 Å². The van der Waals surface area contributed by atoms with Gasteiger partial charge in [-0.05, 0) is 18.6 Å². The second-order valence-electron chi connectivity index (χ2n) is 6.51. The van der Waals surface area contributed by atoms with Gasteiger partial charge in [0.1, 0.15) is 11.6 Å². The molecule has 1 aliphatic rings. The molecule has 1 unspecified atom stereocenters. The summed E-state index contributed by atoms with van der Waals surface area (Å²) >= 11 is 0. The van der Waals surface area contributed by atoms with E-state index in [-0.39, 0.29) is 17.5 Å². The monoisotopic (exact) mass is 384 g/mol. The van der Waals surface area contributed by atoms with Crippen LogP contribution in [0.2, 0.25) is 0 Å². The van der Waals surface area contributed by atoms with Crippen LogP contribution >= 0.6 is 0 Å². The number of furan rings is 1. The highest BCUT2D eigenvalue weighted by molar-refractivity contribution is 7.91. The van der Waals surface area contributed by atoms with E-state index in [0.29, 0.717) is 24.7 Å². The Labute approximate surface area is 157 Å². The van der Waals surface area contributed by atoms with Crippen molar-refractivity contribution in [1.29, 1.82) is 0 Å². The van der Waals surface area contributed by atoms with Gasteiger partial charge in [-0.15, -0.1) is 0 Å². The van der Waals surface area contributed by atoms with E-state index < -0.39 is 9.84 Å². The van der Waals surface area contributed by atoms with Crippen molar-refractivity contribution >= 4 is 21.6 Å². The maximum atomic E-state index is 11.7. The quantitative estimate of drug-likeness (QED) is 0.674. The zero-order valence-corrected chi connectivity index (χ0v) is 15.4. The molecule has 0 radical (unpaired) electrons. The zero-order valence-electron chi connectivity index (χ0n) is 14.6. The summed E-state index contributed by atoms with van der Waals surface area (Å²) in [6, 6.07) is 15.2. The van der Waals surface area contributed by atoms with Crippen LogP contribution in [0.5, 0.6) is 0 Å². The van der Waals surface area contributed by atoms with Crippen molar-refractivity contribution in [3.05, 3.63) is 60.6 Å². The predicted octanol–water partition coefficient (Wildman–Crippen LogP) is 2.95. The second-order valence-corrected chi connectivity index (χ2v) is 8.73. The first-order valence-electron chi connectivity index (χ1n) is 8.75. The van der Waals surface area contributed by atoms with Crippen LogP contribution in [0, 0.1) is 0 Å². The van der Waals surface area contributed by atoms with Gasteiger partial charge in [0.15, 0.2) is 9.84 Å². The molecule has 1 fully saturated rings. The lowest BCUT2D eigenvalue weighted by atomic mass is 10.1. The van der Waals surface area contributed by atoms with Crippen LogP contribution in [0.1, 0.15) is 12.2 Å². The van der Waals surface area contributed by atoms with E-state index in [4.69, 9.17) is 4.42 Å². The lowest BCUT2D eigenvalue weighted by Crippen LogP contribution is -2.22. The predicted molar refractivity (Wildman–Crippen MR) is 104 cm³/mol. The molecule has 0 spiro atoms. The fourth-order valence-electron chi connectivity index (χ4n) is 3.04. The topological polar surface area (TPSA) is 97.1 Å². The van der Waals surface area contributed by atoms with E-state index in [1.54, 1.807) is 6.26 Å². The average Bonchev–Trinajstić information content (AvgIpc) is 3.30. The van der Waals surface area contributed by atoms with Gasteiger partial charge < -0.3 is 15.1 Å². The first kappa shape index (κ1) is 17.5. The Morgan fingerprint density at radius 1 is 1.11 bits per heavy atom. The maximum absolute atomic E-state index is 11.7. The number of hydrogen-bond donors (Lipinski definition) is 2. The van der Waals surface area contributed by atoms with Gasteiger partial charge in [0.2, 0.25) is 5.95 Å². The molecule has 140 valence electrons. The van der Waals surface area contributed by atoms with Crippen LogP contribution in [0.15, 0.2) is 59.2 Å². The minimum atomic E-state index is -2.97. The van der Waals surface area contributed by atoms with Crippen molar-refractivity contribution in [1.82, 2.24) is 9.97 Å². The van der Waals surface area contributed by atoms with Gasteiger partial charge in [0.25, 0.3) is 0 Å². The van der Waals surface area contributed by atoms with Gasteiger partial charge in [-0.25, -0.2) is 13.4 Å². The lowest BCUT2D eigenvalue weighted by Gasteiger charge is -2.14. The minimum absolute atomic E-state index is 0.112. The average molecular weight is 384 g/mol. The molecule has 3 heterocycles. The Bertz CT molecular complexity index is 1000. The molecule has 8 heteroatoms. The number of nitrogens with zero attached hydrogens (tertiary/aromatic N) is 2. The first-order valence-corrected chi connectivity index (χ1v) is 10.6. The molecule has 2 aromatic heterocycles. The maximum Gasteiger partial charge on any atom is 0.225 e. The Balaban J connectivity index is 1.60. The number of sulfone groups is 1. The van der Waals surface area contributed by atoms with E-state index in [1.165, 1.54) is 0 Å². The van der Waals surface area contributed by atoms with Crippen LogP contribution in [0.25, 0.3) is 11.3 Å². The van der Waals surface area contributed by atoms with Crippen LogP contribution in [-0.2, 0) is 16.4 Å². The summed E-state index contributed by atoms with van der Waals surface area (Å²) in [6.45, 7) is 0.496. The lowest BCUT2D eigenvalue weighted by molar-refractivity contribution is 0.518. The van der Waals surface area contributed by atoms with Crippen LogP contribution in [0.4, 0.5) is 11.8 Å². The van der Waals surface area contributed by atoms with Gasteiger partial charge >= 0.3 is 0 Å². The highest BCUT2D eigenvalue weighted by atomic mass is 32.2. The highest BCUT2D eigenvalue weighted by Gasteiger charge is 2.28. The van der Waals surface area contributed by atoms with E-state index in [9.17, 15) is 8.42 Å². The Morgan fingerprint density at radius 2 is 1.96 bits per heavy atom. The van der Waals surface area contributed by atoms with E-state index >= 15 is 0 Å². The van der Waals surface area contributed by atoms with Crippen molar-refractivity contribution in [3.63, 3.8) is 0 Å². The van der Waals surface area contributed by atoms with Crippen molar-refractivity contribution in [2.75, 3.05) is 22.1 Å². The largest absolute Gasteiger partial charge is 0.467 e. The highest BCUT2D eigenvalue weighted by Crippen LogP contribution is 2.23. The molecule has 0 aliphatic carbocycles. The van der Waals surface area contributed by atoms with E-state index in [2.05, 4.69) is 20.6 Å². The first-order chi connectivity index (χ1) is 13.1. The fraction of sp³-hybridized carbons (Fsp3) is 0.263. The summed E-state index contributed by atoms with van der Waals surface area (Å²) in [7, 11) is -2.97. The third-order valence-electron chi connectivity index (χ3n) is 4.39. The smallest absolute Gasteiger partial charge is 0.225 e. The molecule has 4 rings (SSSR count). The number of aromatic nitrogens is 2. The Hall–Kier alpha value is -2.87. The van der Waals surface area contributed by atoms with Crippen molar-refractivity contribution in [2.45, 2.75) is 19.0 Å². The number of rotatable bonds is 6. The molecule has 1 saturated heterocycles. The van der Waals surface area contributed by atoms with Crippen molar-refractivity contribution in [3.8, 4) is 11.3 Å². The van der Waals surface area contributed by atoms with E-state index in [1.807, 2.05) is 48.5 Å².